The number of rotatable bonds is 5. The number of piperidine rings is 1. The first-order valence-corrected chi connectivity index (χ1v) is 8.98. The minimum absolute atomic E-state index is 0.0362. The molecule has 6 nitrogen and oxygen atoms in total. The zero-order valence-corrected chi connectivity index (χ0v) is 14.6. The lowest BCUT2D eigenvalue weighted by molar-refractivity contribution is -0.146. The van der Waals surface area contributed by atoms with Crippen molar-refractivity contribution in [3.8, 4) is 0 Å². The van der Waals surface area contributed by atoms with E-state index in [4.69, 9.17) is 5.11 Å². The molecule has 2 saturated heterocycles. The second-order valence-electron chi connectivity index (χ2n) is 7.06. The summed E-state index contributed by atoms with van der Waals surface area (Å²) in [5.41, 5.74) is 0.949. The van der Waals surface area contributed by atoms with Crippen molar-refractivity contribution in [1.82, 2.24) is 9.80 Å². The Hall–Kier alpha value is -2.44. The summed E-state index contributed by atoms with van der Waals surface area (Å²) >= 11 is 0. The first-order valence-electron chi connectivity index (χ1n) is 8.98. The Morgan fingerprint density at radius 2 is 1.77 bits per heavy atom. The van der Waals surface area contributed by atoms with Crippen LogP contribution in [-0.2, 0) is 20.8 Å². The smallest absolute Gasteiger partial charge is 0.306 e. The third-order valence-corrected chi connectivity index (χ3v) is 5.30. The Bertz CT molecular complexity index is 683. The molecular weight excluding hydrogens is 339 g/mol. The van der Waals surface area contributed by atoms with Crippen molar-refractivity contribution in [1.29, 1.82) is 0 Å². The van der Waals surface area contributed by atoms with Gasteiger partial charge in [0.05, 0.1) is 11.8 Å². The van der Waals surface area contributed by atoms with Crippen LogP contribution >= 0.6 is 0 Å². The van der Waals surface area contributed by atoms with Gasteiger partial charge in [0, 0.05) is 32.6 Å². The van der Waals surface area contributed by atoms with Gasteiger partial charge in [0.2, 0.25) is 11.8 Å². The maximum Gasteiger partial charge on any atom is 0.306 e. The van der Waals surface area contributed by atoms with Crippen molar-refractivity contribution in [2.45, 2.75) is 25.7 Å². The molecule has 7 heteroatoms. The van der Waals surface area contributed by atoms with Gasteiger partial charge in [0.1, 0.15) is 5.82 Å². The average Bonchev–Trinajstić information content (AvgIpc) is 3.01. The minimum atomic E-state index is -0.805. The van der Waals surface area contributed by atoms with Crippen LogP contribution in [0.3, 0.4) is 0 Å². The predicted octanol–water partition coefficient (Wildman–Crippen LogP) is 1.54. The van der Waals surface area contributed by atoms with Crippen molar-refractivity contribution in [3.05, 3.63) is 35.6 Å². The first-order chi connectivity index (χ1) is 12.4. The molecule has 1 N–H and O–H groups in total. The van der Waals surface area contributed by atoms with Gasteiger partial charge in [0.15, 0.2) is 0 Å². The SMILES string of the molecule is O=C(O)C1CCN(C(=O)C2CC(=O)N(CCc3ccc(F)cc3)C2)CC1. The van der Waals surface area contributed by atoms with E-state index >= 15 is 0 Å². The molecule has 0 aromatic heterocycles. The summed E-state index contributed by atoms with van der Waals surface area (Å²) in [6.07, 6.45) is 1.77. The van der Waals surface area contributed by atoms with Crippen molar-refractivity contribution in [2.24, 2.45) is 11.8 Å². The fourth-order valence-electron chi connectivity index (χ4n) is 3.67. The second-order valence-corrected chi connectivity index (χ2v) is 7.06. The molecule has 26 heavy (non-hydrogen) atoms. The highest BCUT2D eigenvalue weighted by atomic mass is 19.1. The number of halogens is 1. The fourth-order valence-corrected chi connectivity index (χ4v) is 3.67. The standard InChI is InChI=1S/C19H23FN2O4/c20-16-3-1-13(2-4-16)5-8-22-12-15(11-17(22)23)18(24)21-9-6-14(7-10-21)19(25)26/h1-4,14-15H,5-12H2,(H,25,26). The Balaban J connectivity index is 1.50. The number of carbonyl (C=O) groups excluding carboxylic acids is 2. The maximum absolute atomic E-state index is 12.9. The monoisotopic (exact) mass is 362 g/mol. The molecule has 2 aliphatic rings. The third kappa shape index (κ3) is 4.20. The van der Waals surface area contributed by atoms with E-state index in [1.807, 2.05) is 0 Å². The quantitative estimate of drug-likeness (QED) is 0.862. The Labute approximate surface area is 151 Å². The Kier molecular flexibility index (Phi) is 5.54. The number of carboxylic acids is 1. The van der Waals surface area contributed by atoms with Gasteiger partial charge < -0.3 is 14.9 Å². The number of hydrogen-bond acceptors (Lipinski definition) is 3. The highest BCUT2D eigenvalue weighted by Gasteiger charge is 2.37. The first kappa shape index (κ1) is 18.4. The molecule has 1 atom stereocenters. The Morgan fingerprint density at radius 1 is 1.12 bits per heavy atom. The van der Waals surface area contributed by atoms with Gasteiger partial charge in [-0.1, -0.05) is 12.1 Å². The molecule has 2 heterocycles. The maximum atomic E-state index is 12.9. The van der Waals surface area contributed by atoms with Gasteiger partial charge in [0.25, 0.3) is 0 Å². The lowest BCUT2D eigenvalue weighted by Gasteiger charge is -2.31. The molecule has 0 aliphatic carbocycles. The van der Waals surface area contributed by atoms with Crippen molar-refractivity contribution in [3.63, 3.8) is 0 Å². The van der Waals surface area contributed by atoms with Gasteiger partial charge in [-0.3, -0.25) is 14.4 Å². The van der Waals surface area contributed by atoms with Crippen LogP contribution in [0.1, 0.15) is 24.8 Å². The van der Waals surface area contributed by atoms with Gasteiger partial charge in [-0.25, -0.2) is 4.39 Å². The molecule has 0 spiro atoms. The molecule has 1 aromatic rings. The summed E-state index contributed by atoms with van der Waals surface area (Å²) in [4.78, 5) is 39.2. The van der Waals surface area contributed by atoms with Gasteiger partial charge in [-0.2, -0.15) is 0 Å². The summed E-state index contributed by atoms with van der Waals surface area (Å²) in [7, 11) is 0. The van der Waals surface area contributed by atoms with E-state index in [1.54, 1.807) is 21.9 Å². The van der Waals surface area contributed by atoms with E-state index in [0.29, 0.717) is 45.4 Å². The second kappa shape index (κ2) is 7.85. The summed E-state index contributed by atoms with van der Waals surface area (Å²) in [5.74, 6) is -1.91. The summed E-state index contributed by atoms with van der Waals surface area (Å²) < 4.78 is 12.9. The zero-order chi connectivity index (χ0) is 18.7. The molecule has 0 bridgehead atoms. The molecule has 0 saturated carbocycles. The highest BCUT2D eigenvalue weighted by molar-refractivity contribution is 5.89. The lowest BCUT2D eigenvalue weighted by atomic mass is 9.95. The topological polar surface area (TPSA) is 77.9 Å². The largest absolute Gasteiger partial charge is 0.481 e. The normalized spacial score (nSPS) is 21.3. The molecule has 3 rings (SSSR count). The summed E-state index contributed by atoms with van der Waals surface area (Å²) in [6.45, 7) is 1.79. The van der Waals surface area contributed by atoms with Crippen molar-refractivity contribution < 1.29 is 23.9 Å². The van der Waals surface area contributed by atoms with E-state index in [0.717, 1.165) is 5.56 Å². The number of aliphatic carboxylic acids is 1. The summed E-state index contributed by atoms with van der Waals surface area (Å²) in [6, 6.07) is 6.19. The van der Waals surface area contributed by atoms with E-state index in [2.05, 4.69) is 0 Å². The van der Waals surface area contributed by atoms with Crippen LogP contribution in [0.15, 0.2) is 24.3 Å². The van der Waals surface area contributed by atoms with Crippen LogP contribution < -0.4 is 0 Å². The van der Waals surface area contributed by atoms with E-state index in [-0.39, 0.29) is 35.9 Å². The van der Waals surface area contributed by atoms with E-state index in [9.17, 15) is 18.8 Å². The molecule has 2 amide bonds. The van der Waals surface area contributed by atoms with Gasteiger partial charge >= 0.3 is 5.97 Å². The minimum Gasteiger partial charge on any atom is -0.481 e. The summed E-state index contributed by atoms with van der Waals surface area (Å²) in [5, 5.41) is 9.04. The molecule has 0 radical (unpaired) electrons. The number of nitrogens with zero attached hydrogens (tertiary/aromatic N) is 2. The average molecular weight is 362 g/mol. The molecule has 2 aliphatic heterocycles. The zero-order valence-electron chi connectivity index (χ0n) is 14.6. The number of hydrogen-bond donors (Lipinski definition) is 1. The van der Waals surface area contributed by atoms with Crippen LogP contribution in [0.4, 0.5) is 4.39 Å². The van der Waals surface area contributed by atoms with Crippen LogP contribution in [0.25, 0.3) is 0 Å². The number of likely N-dealkylation sites (tertiary alicyclic amines) is 2. The molecule has 2 fully saturated rings. The lowest BCUT2D eigenvalue weighted by Crippen LogP contribution is -2.43. The van der Waals surface area contributed by atoms with Gasteiger partial charge in [-0.05, 0) is 37.0 Å². The fraction of sp³-hybridized carbons (Fsp3) is 0.526. The van der Waals surface area contributed by atoms with Crippen LogP contribution in [0, 0.1) is 17.7 Å². The number of carboxylic acid groups (broad SMARTS) is 1. The molecular formula is C19H23FN2O4. The van der Waals surface area contributed by atoms with Gasteiger partial charge in [-0.15, -0.1) is 0 Å². The molecule has 140 valence electrons. The van der Waals surface area contributed by atoms with Crippen LogP contribution in [0.2, 0.25) is 0 Å². The number of carbonyl (C=O) groups is 3. The highest BCUT2D eigenvalue weighted by Crippen LogP contribution is 2.24. The molecule has 1 unspecified atom stereocenters. The number of benzene rings is 1. The van der Waals surface area contributed by atoms with Crippen LogP contribution in [-0.4, -0.2) is 58.9 Å². The van der Waals surface area contributed by atoms with E-state index in [1.165, 1.54) is 12.1 Å². The Morgan fingerprint density at radius 3 is 2.38 bits per heavy atom. The van der Waals surface area contributed by atoms with Crippen LogP contribution in [0.5, 0.6) is 0 Å². The van der Waals surface area contributed by atoms with Crippen molar-refractivity contribution in [2.75, 3.05) is 26.2 Å². The number of amides is 2. The molecule has 1 aromatic carbocycles. The predicted molar refractivity (Wildman–Crippen MR) is 91.7 cm³/mol. The van der Waals surface area contributed by atoms with E-state index < -0.39 is 5.97 Å². The third-order valence-electron chi connectivity index (χ3n) is 5.30. The van der Waals surface area contributed by atoms with Crippen molar-refractivity contribution >= 4 is 17.8 Å².